The van der Waals surface area contributed by atoms with E-state index in [0.717, 1.165) is 29.0 Å². The molecule has 3 heterocycles. The predicted octanol–water partition coefficient (Wildman–Crippen LogP) is 5.03. The highest BCUT2D eigenvalue weighted by molar-refractivity contribution is 6.30. The van der Waals surface area contributed by atoms with Crippen LogP contribution in [0, 0.1) is 0 Å². The zero-order valence-electron chi connectivity index (χ0n) is 18.3. The molecule has 1 atom stereocenters. The van der Waals surface area contributed by atoms with Crippen LogP contribution in [0.2, 0.25) is 5.02 Å². The molecule has 2 aromatic carbocycles. The van der Waals surface area contributed by atoms with Gasteiger partial charge in [-0.2, -0.15) is 0 Å². The zero-order chi connectivity index (χ0) is 22.6. The van der Waals surface area contributed by atoms with E-state index in [9.17, 15) is 4.79 Å². The Hall–Kier alpha value is -3.22. The maximum absolute atomic E-state index is 13.4. The molecular formula is C26H26ClN5O. The third-order valence-corrected chi connectivity index (χ3v) is 6.52. The number of nitrogens with zero attached hydrogens (tertiary/aromatic N) is 4. The number of halogens is 1. The van der Waals surface area contributed by atoms with E-state index in [-0.39, 0.29) is 11.9 Å². The molecule has 1 saturated heterocycles. The molecule has 2 aromatic heterocycles. The van der Waals surface area contributed by atoms with Crippen molar-refractivity contribution in [3.05, 3.63) is 89.3 Å². The number of hydrogen-bond donors (Lipinski definition) is 1. The number of nitrogens with one attached hydrogen (secondary N) is 1. The zero-order valence-corrected chi connectivity index (χ0v) is 19.1. The summed E-state index contributed by atoms with van der Waals surface area (Å²) in [7, 11) is 0. The van der Waals surface area contributed by atoms with Crippen LogP contribution < -0.4 is 5.32 Å². The normalized spacial score (nSPS) is 15.4. The lowest BCUT2D eigenvalue weighted by atomic mass is 10.0. The van der Waals surface area contributed by atoms with Crippen LogP contribution in [0.5, 0.6) is 0 Å². The second-order valence-corrected chi connectivity index (χ2v) is 8.79. The fourth-order valence-corrected chi connectivity index (χ4v) is 4.73. The molecule has 1 unspecified atom stereocenters. The van der Waals surface area contributed by atoms with Gasteiger partial charge in [-0.3, -0.25) is 14.3 Å². The average Bonchev–Trinajstić information content (AvgIpc) is 3.26. The van der Waals surface area contributed by atoms with Crippen LogP contribution in [0.15, 0.2) is 73.2 Å². The molecule has 1 amide bonds. The first-order valence-corrected chi connectivity index (χ1v) is 11.7. The number of carbonyl (C=O) groups is 1. The van der Waals surface area contributed by atoms with Crippen molar-refractivity contribution in [3.8, 4) is 5.95 Å². The van der Waals surface area contributed by atoms with Crippen molar-refractivity contribution >= 4 is 28.4 Å². The standard InChI is InChI=1S/C26H26ClN5O/c27-20-11-9-19(10-12-20)24(31-15-4-1-5-16-31)17-30-25(33)22-18-32(26-28-13-6-14-29-26)23-8-3-2-7-21(22)23/h2-3,6-14,18,24H,1,4-5,15-17H2,(H,30,33). The quantitative estimate of drug-likeness (QED) is 0.439. The number of carbonyl (C=O) groups excluding carboxylic acids is 1. The molecule has 4 aromatic rings. The van der Waals surface area contributed by atoms with Gasteiger partial charge in [0.05, 0.1) is 17.1 Å². The van der Waals surface area contributed by atoms with E-state index >= 15 is 0 Å². The molecule has 0 radical (unpaired) electrons. The molecule has 7 heteroatoms. The van der Waals surface area contributed by atoms with Crippen molar-refractivity contribution in [3.63, 3.8) is 0 Å². The minimum absolute atomic E-state index is 0.100. The van der Waals surface area contributed by atoms with Gasteiger partial charge in [0.15, 0.2) is 0 Å². The summed E-state index contributed by atoms with van der Waals surface area (Å²) in [5.41, 5.74) is 2.69. The van der Waals surface area contributed by atoms with E-state index in [1.54, 1.807) is 18.5 Å². The summed E-state index contributed by atoms with van der Waals surface area (Å²) in [6, 6.07) is 17.7. The molecule has 1 aliphatic heterocycles. The van der Waals surface area contributed by atoms with Crippen molar-refractivity contribution in [1.29, 1.82) is 0 Å². The first-order valence-electron chi connectivity index (χ1n) is 11.4. The van der Waals surface area contributed by atoms with Crippen molar-refractivity contribution in [2.75, 3.05) is 19.6 Å². The number of aromatic nitrogens is 3. The maximum atomic E-state index is 13.4. The predicted molar refractivity (Wildman–Crippen MR) is 131 cm³/mol. The summed E-state index contributed by atoms with van der Waals surface area (Å²) in [4.78, 5) is 24.6. The fraction of sp³-hybridized carbons (Fsp3) is 0.269. The highest BCUT2D eigenvalue weighted by Crippen LogP contribution is 2.27. The smallest absolute Gasteiger partial charge is 0.253 e. The van der Waals surface area contributed by atoms with Crippen LogP contribution >= 0.6 is 11.6 Å². The molecule has 6 nitrogen and oxygen atoms in total. The monoisotopic (exact) mass is 459 g/mol. The van der Waals surface area contributed by atoms with E-state index in [2.05, 4.69) is 32.3 Å². The van der Waals surface area contributed by atoms with E-state index in [1.807, 2.05) is 47.2 Å². The summed E-state index contributed by atoms with van der Waals surface area (Å²) in [6.45, 7) is 2.60. The number of amides is 1. The molecule has 0 aliphatic carbocycles. The third kappa shape index (κ3) is 4.63. The summed E-state index contributed by atoms with van der Waals surface area (Å²) < 4.78 is 1.87. The van der Waals surface area contributed by atoms with Gasteiger partial charge < -0.3 is 5.32 Å². The van der Waals surface area contributed by atoms with Crippen molar-refractivity contribution < 1.29 is 4.79 Å². The molecule has 1 fully saturated rings. The van der Waals surface area contributed by atoms with Crippen LogP contribution in [0.4, 0.5) is 0 Å². The van der Waals surface area contributed by atoms with E-state index in [4.69, 9.17) is 11.6 Å². The molecule has 5 rings (SSSR count). The fourth-order valence-electron chi connectivity index (χ4n) is 4.60. The Kier molecular flexibility index (Phi) is 6.37. The van der Waals surface area contributed by atoms with Crippen molar-refractivity contribution in [1.82, 2.24) is 24.8 Å². The molecule has 0 spiro atoms. The Morgan fingerprint density at radius 3 is 2.45 bits per heavy atom. The second-order valence-electron chi connectivity index (χ2n) is 8.35. The molecule has 168 valence electrons. The number of fused-ring (bicyclic) bond motifs is 1. The van der Waals surface area contributed by atoms with Gasteiger partial charge in [0.1, 0.15) is 0 Å². The van der Waals surface area contributed by atoms with Gasteiger partial charge >= 0.3 is 0 Å². The van der Waals surface area contributed by atoms with Crippen LogP contribution in [0.3, 0.4) is 0 Å². The van der Waals surface area contributed by atoms with Gasteiger partial charge in [-0.15, -0.1) is 0 Å². The second kappa shape index (κ2) is 9.73. The summed E-state index contributed by atoms with van der Waals surface area (Å²) in [6.07, 6.45) is 8.86. The highest BCUT2D eigenvalue weighted by Gasteiger charge is 2.24. The van der Waals surface area contributed by atoms with Gasteiger partial charge in [0, 0.05) is 35.5 Å². The topological polar surface area (TPSA) is 63.1 Å². The van der Waals surface area contributed by atoms with Crippen LogP contribution in [0.25, 0.3) is 16.9 Å². The SMILES string of the molecule is O=C(NCC(c1ccc(Cl)cc1)N1CCCCC1)c1cn(-c2ncccn2)c2ccccc12. The molecule has 1 aliphatic rings. The van der Waals surface area contributed by atoms with Gasteiger partial charge in [-0.25, -0.2) is 9.97 Å². The molecule has 0 bridgehead atoms. The Morgan fingerprint density at radius 1 is 0.970 bits per heavy atom. The molecule has 0 saturated carbocycles. The largest absolute Gasteiger partial charge is 0.350 e. The Balaban J connectivity index is 1.42. The Bertz CT molecular complexity index is 1230. The minimum atomic E-state index is -0.100. The lowest BCUT2D eigenvalue weighted by Crippen LogP contribution is -2.40. The van der Waals surface area contributed by atoms with Crippen molar-refractivity contribution in [2.24, 2.45) is 0 Å². The van der Waals surface area contributed by atoms with E-state index < -0.39 is 0 Å². The number of benzene rings is 2. The van der Waals surface area contributed by atoms with Crippen LogP contribution in [-0.4, -0.2) is 45.0 Å². The van der Waals surface area contributed by atoms with Gasteiger partial charge in [0.25, 0.3) is 5.91 Å². The van der Waals surface area contributed by atoms with Crippen molar-refractivity contribution in [2.45, 2.75) is 25.3 Å². The summed E-state index contributed by atoms with van der Waals surface area (Å²) >= 11 is 6.12. The number of likely N-dealkylation sites (tertiary alicyclic amines) is 1. The maximum Gasteiger partial charge on any atom is 0.253 e. The van der Waals surface area contributed by atoms with E-state index in [0.29, 0.717) is 18.1 Å². The molecule has 1 N–H and O–H groups in total. The van der Waals surface area contributed by atoms with Crippen LogP contribution in [0.1, 0.15) is 41.2 Å². The highest BCUT2D eigenvalue weighted by atomic mass is 35.5. The summed E-state index contributed by atoms with van der Waals surface area (Å²) in [5, 5.41) is 4.80. The minimum Gasteiger partial charge on any atom is -0.350 e. The summed E-state index contributed by atoms with van der Waals surface area (Å²) in [5.74, 6) is 0.442. The number of piperidine rings is 1. The Morgan fingerprint density at radius 2 is 1.70 bits per heavy atom. The van der Waals surface area contributed by atoms with E-state index in [1.165, 1.54) is 24.8 Å². The number of para-hydroxylation sites is 1. The lowest BCUT2D eigenvalue weighted by Gasteiger charge is -2.35. The van der Waals surface area contributed by atoms with Gasteiger partial charge in [-0.1, -0.05) is 48.4 Å². The Labute approximate surface area is 198 Å². The molecule has 33 heavy (non-hydrogen) atoms. The molecular weight excluding hydrogens is 434 g/mol. The number of rotatable bonds is 6. The lowest BCUT2D eigenvalue weighted by molar-refractivity contribution is 0.0926. The number of hydrogen-bond acceptors (Lipinski definition) is 4. The van der Waals surface area contributed by atoms with Gasteiger partial charge in [-0.05, 0) is 55.8 Å². The van der Waals surface area contributed by atoms with Gasteiger partial charge in [0.2, 0.25) is 5.95 Å². The average molecular weight is 460 g/mol. The first-order chi connectivity index (χ1) is 16.2. The first kappa shape index (κ1) is 21.6. The van der Waals surface area contributed by atoms with Crippen LogP contribution in [-0.2, 0) is 0 Å². The third-order valence-electron chi connectivity index (χ3n) is 6.27.